The number of ether oxygens (including phenoxy) is 2. The van der Waals surface area contributed by atoms with Crippen molar-refractivity contribution in [1.82, 2.24) is 4.90 Å². The lowest BCUT2D eigenvalue weighted by atomic mass is 10.2. The normalized spacial score (nSPS) is 12.4. The van der Waals surface area contributed by atoms with Gasteiger partial charge in [-0.3, -0.25) is 9.89 Å². The zero-order valence-corrected chi connectivity index (χ0v) is 17.2. The zero-order valence-electron chi connectivity index (χ0n) is 14.9. The molecule has 1 unspecified atom stereocenters. The molecule has 0 fully saturated rings. The van der Waals surface area contributed by atoms with Crippen molar-refractivity contribution < 1.29 is 13.9 Å². The number of nitrogens with zero attached hydrogens (tertiary/aromatic N) is 2. The van der Waals surface area contributed by atoms with Crippen molar-refractivity contribution in [3.05, 3.63) is 42.4 Å². The predicted molar refractivity (Wildman–Crippen MR) is 110 cm³/mol. The number of anilines is 1. The molecule has 25 heavy (non-hydrogen) atoms. The van der Waals surface area contributed by atoms with Crippen LogP contribution in [0.1, 0.15) is 11.8 Å². The third kappa shape index (κ3) is 5.82. The van der Waals surface area contributed by atoms with E-state index in [9.17, 15) is 0 Å². The maximum atomic E-state index is 5.99. The van der Waals surface area contributed by atoms with Gasteiger partial charge in [-0.1, -0.05) is 0 Å². The quantitative estimate of drug-likeness (QED) is 0.376. The molecular weight excluding hydrogens is 435 g/mol. The summed E-state index contributed by atoms with van der Waals surface area (Å²) >= 11 is 0. The summed E-state index contributed by atoms with van der Waals surface area (Å²) in [6, 6.07) is 9.26. The van der Waals surface area contributed by atoms with Gasteiger partial charge in [0.05, 0.1) is 33.1 Å². The Kier molecular flexibility index (Phi) is 8.56. The van der Waals surface area contributed by atoms with Gasteiger partial charge in [-0.05, 0) is 38.4 Å². The summed E-state index contributed by atoms with van der Waals surface area (Å²) in [5, 5.41) is 3.05. The van der Waals surface area contributed by atoms with E-state index in [1.165, 1.54) is 0 Å². The average molecular weight is 460 g/mol. The van der Waals surface area contributed by atoms with Crippen molar-refractivity contribution in [2.45, 2.75) is 6.04 Å². The molecule has 2 rings (SSSR count). The summed E-state index contributed by atoms with van der Waals surface area (Å²) in [6.07, 6.45) is 1.65. The van der Waals surface area contributed by atoms with Crippen LogP contribution in [0.5, 0.6) is 11.5 Å². The van der Waals surface area contributed by atoms with Gasteiger partial charge in [-0.2, -0.15) is 0 Å². The van der Waals surface area contributed by atoms with E-state index in [0.717, 1.165) is 11.4 Å². The first-order valence-electron chi connectivity index (χ1n) is 7.54. The Morgan fingerprint density at radius 1 is 1.24 bits per heavy atom. The molecule has 2 aromatic rings. The van der Waals surface area contributed by atoms with Crippen LogP contribution in [0.15, 0.2) is 46.0 Å². The number of rotatable bonds is 7. The van der Waals surface area contributed by atoms with E-state index in [2.05, 4.69) is 10.3 Å². The smallest absolute Gasteiger partial charge is 0.193 e. The maximum absolute atomic E-state index is 5.99. The molecule has 7 nitrogen and oxygen atoms in total. The van der Waals surface area contributed by atoms with Gasteiger partial charge in [-0.15, -0.1) is 24.0 Å². The molecule has 0 aliphatic rings. The van der Waals surface area contributed by atoms with Gasteiger partial charge in [-0.25, -0.2) is 0 Å². The minimum atomic E-state index is 0. The van der Waals surface area contributed by atoms with E-state index < -0.39 is 0 Å². The molecule has 0 saturated heterocycles. The number of hydrogen-bond donors (Lipinski definition) is 2. The number of halogens is 1. The number of nitrogens with two attached hydrogens (primary N) is 1. The number of guanidine groups is 1. The number of furan rings is 1. The Morgan fingerprint density at radius 2 is 1.96 bits per heavy atom. The highest BCUT2D eigenvalue weighted by atomic mass is 127. The topological polar surface area (TPSA) is 85.2 Å². The Bertz CT molecular complexity index is 675. The molecule has 138 valence electrons. The number of likely N-dealkylation sites (N-methyl/N-ethyl adjacent to an activating group) is 1. The molecule has 1 heterocycles. The lowest BCUT2D eigenvalue weighted by Gasteiger charge is -2.20. The van der Waals surface area contributed by atoms with Crippen LogP contribution < -0.4 is 20.5 Å². The van der Waals surface area contributed by atoms with E-state index in [0.29, 0.717) is 24.0 Å². The van der Waals surface area contributed by atoms with Gasteiger partial charge in [0.15, 0.2) is 17.5 Å². The van der Waals surface area contributed by atoms with Crippen LogP contribution >= 0.6 is 24.0 Å². The van der Waals surface area contributed by atoms with Crippen molar-refractivity contribution in [3.8, 4) is 11.5 Å². The second-order valence-electron chi connectivity index (χ2n) is 5.42. The lowest BCUT2D eigenvalue weighted by Crippen LogP contribution is -2.27. The number of methoxy groups -OCH3 is 2. The van der Waals surface area contributed by atoms with Crippen LogP contribution in [0.4, 0.5) is 5.69 Å². The van der Waals surface area contributed by atoms with Gasteiger partial charge in [0.1, 0.15) is 5.76 Å². The molecule has 3 N–H and O–H groups in total. The van der Waals surface area contributed by atoms with Gasteiger partial charge >= 0.3 is 0 Å². The van der Waals surface area contributed by atoms with Crippen molar-refractivity contribution in [2.24, 2.45) is 10.7 Å². The monoisotopic (exact) mass is 460 g/mol. The molecule has 0 amide bonds. The summed E-state index contributed by atoms with van der Waals surface area (Å²) in [5.74, 6) is 2.45. The summed E-state index contributed by atoms with van der Waals surface area (Å²) < 4.78 is 15.9. The van der Waals surface area contributed by atoms with E-state index in [1.807, 2.05) is 37.2 Å². The maximum Gasteiger partial charge on any atom is 0.193 e. The summed E-state index contributed by atoms with van der Waals surface area (Å²) in [5.41, 5.74) is 6.76. The standard InChI is InChI=1S/C17H24N4O3.HI/c1-21(2)13(14-6-5-9-24-14)11-19-17(18)20-12-7-8-15(22-3)16(10-12)23-4;/h5-10,13H,11H2,1-4H3,(H3,18,19,20);1H. The molecule has 0 saturated carbocycles. The SMILES string of the molecule is COc1ccc(NC(N)=NCC(c2ccco2)N(C)C)cc1OC.I. The summed E-state index contributed by atoms with van der Waals surface area (Å²) in [7, 11) is 7.13. The first kappa shape index (κ1) is 21.1. The fraction of sp³-hybridized carbons (Fsp3) is 0.353. The fourth-order valence-electron chi connectivity index (χ4n) is 2.27. The number of benzene rings is 1. The Hall–Kier alpha value is -1.94. The number of aliphatic imine (C=N–C) groups is 1. The molecule has 0 aliphatic heterocycles. The van der Waals surface area contributed by atoms with Gasteiger partial charge < -0.3 is 24.9 Å². The second-order valence-corrected chi connectivity index (χ2v) is 5.42. The third-order valence-electron chi connectivity index (χ3n) is 3.59. The summed E-state index contributed by atoms with van der Waals surface area (Å²) in [6.45, 7) is 0.479. The van der Waals surface area contributed by atoms with Crippen molar-refractivity contribution in [2.75, 3.05) is 40.2 Å². The molecule has 1 atom stereocenters. The first-order chi connectivity index (χ1) is 11.5. The van der Waals surface area contributed by atoms with Crippen LogP contribution in [-0.4, -0.2) is 45.7 Å². The highest BCUT2D eigenvalue weighted by Crippen LogP contribution is 2.29. The lowest BCUT2D eigenvalue weighted by molar-refractivity contribution is 0.265. The first-order valence-corrected chi connectivity index (χ1v) is 7.54. The third-order valence-corrected chi connectivity index (χ3v) is 3.59. The zero-order chi connectivity index (χ0) is 17.5. The molecule has 0 aliphatic carbocycles. The van der Waals surface area contributed by atoms with E-state index in [1.54, 1.807) is 32.6 Å². The Balaban J connectivity index is 0.00000312. The molecule has 0 spiro atoms. The Morgan fingerprint density at radius 3 is 2.52 bits per heavy atom. The van der Waals surface area contributed by atoms with Gasteiger partial charge in [0.2, 0.25) is 0 Å². The molecule has 0 bridgehead atoms. The van der Waals surface area contributed by atoms with Crippen molar-refractivity contribution in [3.63, 3.8) is 0 Å². The largest absolute Gasteiger partial charge is 0.493 e. The van der Waals surface area contributed by atoms with E-state index >= 15 is 0 Å². The van der Waals surface area contributed by atoms with Crippen LogP contribution in [-0.2, 0) is 0 Å². The van der Waals surface area contributed by atoms with Gasteiger partial charge in [0, 0.05) is 11.8 Å². The minimum Gasteiger partial charge on any atom is -0.493 e. The van der Waals surface area contributed by atoms with Gasteiger partial charge in [0.25, 0.3) is 0 Å². The molecule has 1 aromatic heterocycles. The molecule has 1 aromatic carbocycles. The highest BCUT2D eigenvalue weighted by molar-refractivity contribution is 14.0. The van der Waals surface area contributed by atoms with Crippen molar-refractivity contribution >= 4 is 35.6 Å². The minimum absolute atomic E-state index is 0. The van der Waals surface area contributed by atoms with Crippen LogP contribution in [0, 0.1) is 0 Å². The summed E-state index contributed by atoms with van der Waals surface area (Å²) in [4.78, 5) is 6.44. The number of hydrogen-bond acceptors (Lipinski definition) is 5. The van der Waals surface area contributed by atoms with E-state index in [4.69, 9.17) is 19.6 Å². The van der Waals surface area contributed by atoms with Crippen LogP contribution in [0.25, 0.3) is 0 Å². The van der Waals surface area contributed by atoms with Crippen molar-refractivity contribution in [1.29, 1.82) is 0 Å². The molecule has 8 heteroatoms. The molecule has 0 radical (unpaired) electrons. The average Bonchev–Trinajstić information content (AvgIpc) is 3.08. The second kappa shape index (κ2) is 10.1. The molecular formula is C17H25IN4O3. The van der Waals surface area contributed by atoms with Crippen LogP contribution in [0.3, 0.4) is 0 Å². The predicted octanol–water partition coefficient (Wildman–Crippen LogP) is 2.94. The highest BCUT2D eigenvalue weighted by Gasteiger charge is 2.16. The fourth-order valence-corrected chi connectivity index (χ4v) is 2.27. The Labute approximate surface area is 165 Å². The van der Waals surface area contributed by atoms with E-state index in [-0.39, 0.29) is 30.0 Å². The number of nitrogens with one attached hydrogen (secondary N) is 1. The van der Waals surface area contributed by atoms with Crippen LogP contribution in [0.2, 0.25) is 0 Å².